The summed E-state index contributed by atoms with van der Waals surface area (Å²) in [6.45, 7) is 4.76. The number of piperidine rings is 1. The van der Waals surface area contributed by atoms with E-state index in [0.29, 0.717) is 6.54 Å². The minimum atomic E-state index is -0.194. The molecular weight excluding hydrogens is 312 g/mol. The second-order valence-electron chi connectivity index (χ2n) is 6.75. The van der Waals surface area contributed by atoms with Crippen LogP contribution in [-0.2, 0) is 11.2 Å². The number of likely N-dealkylation sites (tertiary alicyclic amines) is 1. The molecule has 0 radical (unpaired) electrons. The fraction of sp³-hybridized carbons (Fsp3) is 0.500. The van der Waals surface area contributed by atoms with Gasteiger partial charge in [0.1, 0.15) is 11.6 Å². The Morgan fingerprint density at radius 2 is 2.08 bits per heavy atom. The Hall–Kier alpha value is -2.32. The highest BCUT2D eigenvalue weighted by Crippen LogP contribution is 2.16. The average molecular weight is 340 g/mol. The lowest BCUT2D eigenvalue weighted by atomic mass is 10.0. The van der Waals surface area contributed by atoms with Gasteiger partial charge in [0, 0.05) is 25.8 Å². The highest BCUT2D eigenvalue weighted by molar-refractivity contribution is 5.97. The zero-order valence-electron chi connectivity index (χ0n) is 15.5. The Morgan fingerprint density at radius 1 is 1.40 bits per heavy atom. The van der Waals surface area contributed by atoms with Crippen molar-refractivity contribution in [2.45, 2.75) is 32.2 Å². The Labute approximate surface area is 150 Å². The number of carbonyl (C=O) groups is 1. The van der Waals surface area contributed by atoms with Gasteiger partial charge in [-0.05, 0) is 57.5 Å². The quantitative estimate of drug-likeness (QED) is 0.489. The summed E-state index contributed by atoms with van der Waals surface area (Å²) in [5, 5.41) is 12.4. The number of amides is 1. The van der Waals surface area contributed by atoms with E-state index in [1.165, 1.54) is 11.1 Å². The number of hydrogen-bond acceptors (Lipinski definition) is 4. The van der Waals surface area contributed by atoms with E-state index in [1.54, 1.807) is 18.1 Å². The summed E-state index contributed by atoms with van der Waals surface area (Å²) in [4.78, 5) is 16.5. The number of aryl methyl sites for hydroxylation is 1. The highest BCUT2D eigenvalue weighted by Gasteiger charge is 2.25. The van der Waals surface area contributed by atoms with Crippen LogP contribution in [0.4, 0.5) is 0 Å². The average Bonchev–Trinajstić information content (AvgIpc) is 2.63. The van der Waals surface area contributed by atoms with Gasteiger partial charge >= 0.3 is 0 Å². The van der Waals surface area contributed by atoms with Crippen molar-refractivity contribution in [1.29, 1.82) is 5.26 Å². The molecule has 1 aliphatic heterocycles. The minimum absolute atomic E-state index is 0.172. The lowest BCUT2D eigenvalue weighted by Gasteiger charge is -2.34. The second-order valence-corrected chi connectivity index (χ2v) is 6.75. The normalized spacial score (nSPS) is 16.3. The van der Waals surface area contributed by atoms with Gasteiger partial charge in [0.25, 0.3) is 5.91 Å². The maximum absolute atomic E-state index is 12.6. The lowest BCUT2D eigenvalue weighted by molar-refractivity contribution is -0.128. The summed E-state index contributed by atoms with van der Waals surface area (Å²) in [6.07, 6.45) is 4.34. The maximum Gasteiger partial charge on any atom is 0.265 e. The number of rotatable bonds is 6. The standard InChI is InChI=1S/C20H28N4O/c1-16-6-4-5-7-17(16)8-11-22-15-18(14-21)20(25)24(3)19-9-12-23(2)13-10-19/h4-7,15,19,22H,8-13H2,1-3H3/b18-15-. The van der Waals surface area contributed by atoms with Crippen molar-refractivity contribution in [3.8, 4) is 6.07 Å². The van der Waals surface area contributed by atoms with Gasteiger partial charge in [0.15, 0.2) is 0 Å². The molecule has 134 valence electrons. The van der Waals surface area contributed by atoms with Crippen LogP contribution in [0.3, 0.4) is 0 Å². The molecule has 1 N–H and O–H groups in total. The van der Waals surface area contributed by atoms with Crippen LogP contribution in [0, 0.1) is 18.3 Å². The van der Waals surface area contributed by atoms with Crippen molar-refractivity contribution in [3.05, 3.63) is 47.2 Å². The molecule has 2 rings (SSSR count). The first kappa shape index (κ1) is 19.0. The van der Waals surface area contributed by atoms with Crippen LogP contribution in [-0.4, -0.2) is 55.5 Å². The highest BCUT2D eigenvalue weighted by atomic mass is 16.2. The van der Waals surface area contributed by atoms with Gasteiger partial charge < -0.3 is 15.1 Å². The molecule has 5 heteroatoms. The van der Waals surface area contributed by atoms with Crippen LogP contribution >= 0.6 is 0 Å². The lowest BCUT2D eigenvalue weighted by Crippen LogP contribution is -2.45. The molecule has 1 fully saturated rings. The van der Waals surface area contributed by atoms with Gasteiger partial charge in [-0.25, -0.2) is 0 Å². The molecule has 1 saturated heterocycles. The molecule has 1 heterocycles. The summed E-state index contributed by atoms with van der Waals surface area (Å²) in [7, 11) is 3.90. The van der Waals surface area contributed by atoms with E-state index in [4.69, 9.17) is 0 Å². The number of hydrogen-bond donors (Lipinski definition) is 1. The molecule has 0 bridgehead atoms. The fourth-order valence-electron chi connectivity index (χ4n) is 3.15. The van der Waals surface area contributed by atoms with Crippen molar-refractivity contribution in [1.82, 2.24) is 15.1 Å². The Morgan fingerprint density at radius 3 is 2.72 bits per heavy atom. The van der Waals surface area contributed by atoms with Crippen molar-refractivity contribution in [2.24, 2.45) is 0 Å². The van der Waals surface area contributed by atoms with E-state index in [-0.39, 0.29) is 17.5 Å². The predicted molar refractivity (Wildman–Crippen MR) is 99.9 cm³/mol. The first-order valence-electron chi connectivity index (χ1n) is 8.86. The van der Waals surface area contributed by atoms with E-state index < -0.39 is 0 Å². The second kappa shape index (κ2) is 9.24. The number of benzene rings is 1. The molecule has 0 aromatic heterocycles. The fourth-order valence-corrected chi connectivity index (χ4v) is 3.15. The molecular formula is C20H28N4O. The SMILES string of the molecule is Cc1ccccc1CCN/C=C(/C#N)C(=O)N(C)C1CCN(C)CC1. The van der Waals surface area contributed by atoms with Crippen LogP contribution < -0.4 is 5.32 Å². The minimum Gasteiger partial charge on any atom is -0.389 e. The van der Waals surface area contributed by atoms with Gasteiger partial charge in [0.05, 0.1) is 0 Å². The molecule has 25 heavy (non-hydrogen) atoms. The topological polar surface area (TPSA) is 59.4 Å². The zero-order valence-corrected chi connectivity index (χ0v) is 15.5. The third kappa shape index (κ3) is 5.33. The van der Waals surface area contributed by atoms with Gasteiger partial charge in [-0.15, -0.1) is 0 Å². The number of carbonyl (C=O) groups excluding carboxylic acids is 1. The first-order chi connectivity index (χ1) is 12.0. The molecule has 0 spiro atoms. The Balaban J connectivity index is 1.87. The van der Waals surface area contributed by atoms with Gasteiger partial charge in [-0.1, -0.05) is 24.3 Å². The molecule has 0 saturated carbocycles. The molecule has 1 aromatic carbocycles. The first-order valence-corrected chi connectivity index (χ1v) is 8.86. The number of nitriles is 1. The van der Waals surface area contributed by atoms with E-state index in [1.807, 2.05) is 18.2 Å². The van der Waals surface area contributed by atoms with Crippen molar-refractivity contribution in [3.63, 3.8) is 0 Å². The largest absolute Gasteiger partial charge is 0.389 e. The molecule has 0 unspecified atom stereocenters. The monoisotopic (exact) mass is 340 g/mol. The van der Waals surface area contributed by atoms with Crippen LogP contribution in [0.5, 0.6) is 0 Å². The van der Waals surface area contributed by atoms with Crippen molar-refractivity contribution in [2.75, 3.05) is 33.7 Å². The third-order valence-electron chi connectivity index (χ3n) is 4.95. The molecule has 0 atom stereocenters. The van der Waals surface area contributed by atoms with Gasteiger partial charge in [-0.3, -0.25) is 4.79 Å². The molecule has 1 aliphatic rings. The number of nitrogens with zero attached hydrogens (tertiary/aromatic N) is 3. The third-order valence-corrected chi connectivity index (χ3v) is 4.95. The van der Waals surface area contributed by atoms with Crippen LogP contribution in [0.2, 0.25) is 0 Å². The Kier molecular flexibility index (Phi) is 7.03. The maximum atomic E-state index is 12.6. The summed E-state index contributed by atoms with van der Waals surface area (Å²) in [6, 6.07) is 10.5. The molecule has 1 aromatic rings. The van der Waals surface area contributed by atoms with Crippen molar-refractivity contribution >= 4 is 5.91 Å². The van der Waals surface area contributed by atoms with E-state index in [0.717, 1.165) is 32.4 Å². The molecule has 5 nitrogen and oxygen atoms in total. The van der Waals surface area contributed by atoms with E-state index in [9.17, 15) is 10.1 Å². The zero-order chi connectivity index (χ0) is 18.2. The summed E-state index contributed by atoms with van der Waals surface area (Å²) >= 11 is 0. The van der Waals surface area contributed by atoms with Crippen molar-refractivity contribution < 1.29 is 4.79 Å². The number of likely N-dealkylation sites (N-methyl/N-ethyl adjacent to an activating group) is 1. The molecule has 1 amide bonds. The van der Waals surface area contributed by atoms with Gasteiger partial charge in [0.2, 0.25) is 0 Å². The summed E-state index contributed by atoms with van der Waals surface area (Å²) in [5.74, 6) is -0.194. The van der Waals surface area contributed by atoms with E-state index >= 15 is 0 Å². The molecule has 0 aliphatic carbocycles. The summed E-state index contributed by atoms with van der Waals surface area (Å²) in [5.41, 5.74) is 2.70. The smallest absolute Gasteiger partial charge is 0.265 e. The van der Waals surface area contributed by atoms with Crippen LogP contribution in [0.15, 0.2) is 36.0 Å². The van der Waals surface area contributed by atoms with Crippen LogP contribution in [0.25, 0.3) is 0 Å². The van der Waals surface area contributed by atoms with E-state index in [2.05, 4.69) is 36.3 Å². The van der Waals surface area contributed by atoms with Gasteiger partial charge in [-0.2, -0.15) is 5.26 Å². The van der Waals surface area contributed by atoms with Crippen LogP contribution in [0.1, 0.15) is 24.0 Å². The number of nitrogens with one attached hydrogen (secondary N) is 1. The predicted octanol–water partition coefficient (Wildman–Crippen LogP) is 2.09. The summed E-state index contributed by atoms with van der Waals surface area (Å²) < 4.78 is 0. The Bertz CT molecular complexity index is 654.